The van der Waals surface area contributed by atoms with E-state index in [9.17, 15) is 0 Å². The largest absolute Gasteiger partial charge is 0.368 e. The maximum atomic E-state index is 6.34. The van der Waals surface area contributed by atoms with Crippen molar-refractivity contribution >= 4 is 0 Å². The predicted octanol–water partition coefficient (Wildman–Crippen LogP) is 1.94. The average molecular weight is 297 g/mol. The van der Waals surface area contributed by atoms with Crippen molar-refractivity contribution in [3.63, 3.8) is 0 Å². The summed E-state index contributed by atoms with van der Waals surface area (Å²) in [4.78, 5) is 4.94. The van der Waals surface area contributed by atoms with Crippen LogP contribution in [0, 0.1) is 5.92 Å². The van der Waals surface area contributed by atoms with Crippen LogP contribution in [0.3, 0.4) is 0 Å². The first-order valence-corrected chi connectivity index (χ1v) is 8.42. The monoisotopic (exact) mass is 297 g/mol. The Hall–Kier alpha value is -0.160. The third-order valence-electron chi connectivity index (χ3n) is 5.81. The Morgan fingerprint density at radius 2 is 1.76 bits per heavy atom. The van der Waals surface area contributed by atoms with E-state index in [1.807, 2.05) is 0 Å². The lowest BCUT2D eigenvalue weighted by atomic mass is 9.77. The molecule has 0 aliphatic carbocycles. The Kier molecular flexibility index (Phi) is 4.75. The van der Waals surface area contributed by atoms with Gasteiger partial charge in [0, 0.05) is 13.1 Å². The second-order valence-electron chi connectivity index (χ2n) is 8.41. The van der Waals surface area contributed by atoms with E-state index in [2.05, 4.69) is 51.6 Å². The van der Waals surface area contributed by atoms with Crippen LogP contribution in [0.2, 0.25) is 0 Å². The number of nitrogens with two attached hydrogens (primary N) is 1. The summed E-state index contributed by atoms with van der Waals surface area (Å²) in [6, 6.07) is 0. The lowest BCUT2D eigenvalue weighted by Gasteiger charge is -2.47. The maximum absolute atomic E-state index is 6.34. The normalized spacial score (nSPS) is 33.7. The zero-order chi connectivity index (χ0) is 15.9. The Morgan fingerprint density at radius 3 is 2.19 bits per heavy atom. The lowest BCUT2D eigenvalue weighted by molar-refractivity contribution is -0.102. The SMILES string of the molecule is CN1CCC(CN(C)C2(CN)CC(C)(C)OC2(C)C)CC1. The van der Waals surface area contributed by atoms with Gasteiger partial charge in [-0.15, -0.1) is 0 Å². The fraction of sp³-hybridized carbons (Fsp3) is 1.00. The van der Waals surface area contributed by atoms with Gasteiger partial charge in [0.1, 0.15) is 0 Å². The molecule has 0 saturated carbocycles. The van der Waals surface area contributed by atoms with Gasteiger partial charge in [-0.05, 0) is 80.1 Å². The minimum atomic E-state index is -0.203. The summed E-state index contributed by atoms with van der Waals surface area (Å²) in [5, 5.41) is 0. The Balaban J connectivity index is 2.09. The van der Waals surface area contributed by atoms with Gasteiger partial charge in [0.05, 0.1) is 16.7 Å². The van der Waals surface area contributed by atoms with Crippen LogP contribution >= 0.6 is 0 Å². The van der Waals surface area contributed by atoms with Crippen LogP contribution in [0.25, 0.3) is 0 Å². The molecule has 0 radical (unpaired) electrons. The fourth-order valence-corrected chi connectivity index (χ4v) is 4.61. The molecule has 124 valence electrons. The number of rotatable bonds is 4. The van der Waals surface area contributed by atoms with Gasteiger partial charge in [0.2, 0.25) is 0 Å². The van der Waals surface area contributed by atoms with Crippen LogP contribution in [0.4, 0.5) is 0 Å². The Bertz CT molecular complexity index is 361. The van der Waals surface area contributed by atoms with Gasteiger partial charge >= 0.3 is 0 Å². The number of piperidine rings is 1. The first-order valence-electron chi connectivity index (χ1n) is 8.42. The molecule has 1 unspecified atom stereocenters. The van der Waals surface area contributed by atoms with Crippen molar-refractivity contribution in [3.8, 4) is 0 Å². The molecule has 0 aromatic carbocycles. The van der Waals surface area contributed by atoms with Crippen molar-refractivity contribution in [1.29, 1.82) is 0 Å². The number of nitrogens with zero attached hydrogens (tertiary/aromatic N) is 2. The van der Waals surface area contributed by atoms with Crippen LogP contribution in [-0.4, -0.2) is 66.8 Å². The number of hydrogen-bond donors (Lipinski definition) is 1. The molecule has 0 bridgehead atoms. The quantitative estimate of drug-likeness (QED) is 0.861. The van der Waals surface area contributed by atoms with E-state index in [0.29, 0.717) is 6.54 Å². The summed E-state index contributed by atoms with van der Waals surface area (Å²) in [6.07, 6.45) is 3.60. The number of ether oxygens (including phenoxy) is 1. The fourth-order valence-electron chi connectivity index (χ4n) is 4.61. The predicted molar refractivity (Wildman–Crippen MR) is 88.5 cm³/mol. The smallest absolute Gasteiger partial charge is 0.0829 e. The van der Waals surface area contributed by atoms with Gasteiger partial charge < -0.3 is 15.4 Å². The zero-order valence-corrected chi connectivity index (χ0v) is 14.9. The summed E-state index contributed by atoms with van der Waals surface area (Å²) in [7, 11) is 4.47. The van der Waals surface area contributed by atoms with Crippen LogP contribution in [0.5, 0.6) is 0 Å². The molecule has 2 aliphatic heterocycles. The first-order chi connectivity index (χ1) is 9.62. The molecule has 2 aliphatic rings. The molecule has 0 aromatic rings. The molecule has 4 nitrogen and oxygen atoms in total. The van der Waals surface area contributed by atoms with Crippen molar-refractivity contribution in [2.45, 2.75) is 63.7 Å². The molecule has 4 heteroatoms. The van der Waals surface area contributed by atoms with Gasteiger partial charge in [-0.3, -0.25) is 4.90 Å². The standard InChI is InChI=1S/C17H35N3O/c1-15(2)12-17(13-18,16(3,4)21-15)20(6)11-14-7-9-19(5)10-8-14/h14H,7-13,18H2,1-6H3. The van der Waals surface area contributed by atoms with E-state index in [4.69, 9.17) is 10.5 Å². The van der Waals surface area contributed by atoms with Crippen LogP contribution < -0.4 is 5.73 Å². The summed E-state index contributed by atoms with van der Waals surface area (Å²) in [6.45, 7) is 13.0. The minimum absolute atomic E-state index is 0.0557. The summed E-state index contributed by atoms with van der Waals surface area (Å²) in [5.74, 6) is 0.786. The van der Waals surface area contributed by atoms with Gasteiger partial charge in [0.25, 0.3) is 0 Å². The molecule has 2 heterocycles. The summed E-state index contributed by atoms with van der Waals surface area (Å²) < 4.78 is 6.34. The Morgan fingerprint density at radius 1 is 1.19 bits per heavy atom. The third kappa shape index (κ3) is 3.29. The zero-order valence-electron chi connectivity index (χ0n) is 14.9. The third-order valence-corrected chi connectivity index (χ3v) is 5.81. The van der Waals surface area contributed by atoms with E-state index in [1.165, 1.54) is 25.9 Å². The first kappa shape index (κ1) is 17.2. The number of hydrogen-bond acceptors (Lipinski definition) is 4. The van der Waals surface area contributed by atoms with Crippen LogP contribution in [0.1, 0.15) is 47.0 Å². The van der Waals surface area contributed by atoms with Gasteiger partial charge in [-0.25, -0.2) is 0 Å². The minimum Gasteiger partial charge on any atom is -0.368 e. The van der Waals surface area contributed by atoms with Gasteiger partial charge in [-0.2, -0.15) is 0 Å². The van der Waals surface area contributed by atoms with E-state index >= 15 is 0 Å². The highest BCUT2D eigenvalue weighted by Gasteiger charge is 2.58. The van der Waals surface area contributed by atoms with Crippen molar-refractivity contribution in [3.05, 3.63) is 0 Å². The van der Waals surface area contributed by atoms with E-state index in [0.717, 1.165) is 18.9 Å². The highest BCUT2D eigenvalue weighted by molar-refractivity contribution is 5.12. The van der Waals surface area contributed by atoms with Crippen molar-refractivity contribution < 1.29 is 4.74 Å². The molecule has 2 N–H and O–H groups in total. The molecular formula is C17H35N3O. The van der Waals surface area contributed by atoms with Crippen molar-refractivity contribution in [2.75, 3.05) is 40.3 Å². The molecular weight excluding hydrogens is 262 g/mol. The molecule has 0 spiro atoms. The Labute approximate surface area is 131 Å². The van der Waals surface area contributed by atoms with E-state index < -0.39 is 0 Å². The van der Waals surface area contributed by atoms with E-state index in [-0.39, 0.29) is 16.7 Å². The molecule has 2 rings (SSSR count). The van der Waals surface area contributed by atoms with E-state index in [1.54, 1.807) is 0 Å². The molecule has 2 fully saturated rings. The highest BCUT2D eigenvalue weighted by Crippen LogP contribution is 2.47. The van der Waals surface area contributed by atoms with Gasteiger partial charge in [0.15, 0.2) is 0 Å². The summed E-state index contributed by atoms with van der Waals surface area (Å²) >= 11 is 0. The molecule has 0 aromatic heterocycles. The van der Waals surface area contributed by atoms with Crippen LogP contribution in [0.15, 0.2) is 0 Å². The molecule has 0 amide bonds. The molecule has 2 saturated heterocycles. The highest BCUT2D eigenvalue weighted by atomic mass is 16.5. The number of likely N-dealkylation sites (N-methyl/N-ethyl adjacent to an activating group) is 1. The summed E-state index contributed by atoms with van der Waals surface area (Å²) in [5.41, 5.74) is 5.91. The topological polar surface area (TPSA) is 41.7 Å². The second-order valence-corrected chi connectivity index (χ2v) is 8.41. The second kappa shape index (κ2) is 5.80. The van der Waals surface area contributed by atoms with Crippen LogP contribution in [-0.2, 0) is 4.74 Å². The van der Waals surface area contributed by atoms with Crippen molar-refractivity contribution in [1.82, 2.24) is 9.80 Å². The maximum Gasteiger partial charge on any atom is 0.0829 e. The molecule has 1 atom stereocenters. The molecule has 21 heavy (non-hydrogen) atoms. The van der Waals surface area contributed by atoms with Gasteiger partial charge in [-0.1, -0.05) is 0 Å². The number of likely N-dealkylation sites (tertiary alicyclic amines) is 1. The average Bonchev–Trinajstić information content (AvgIpc) is 2.57. The lowest BCUT2D eigenvalue weighted by Crippen LogP contribution is -2.63. The van der Waals surface area contributed by atoms with Crippen molar-refractivity contribution in [2.24, 2.45) is 11.7 Å².